The molecule has 4 nitrogen and oxygen atoms in total. The Morgan fingerprint density at radius 1 is 0.786 bits per heavy atom. The van der Waals surface area contributed by atoms with E-state index in [-0.39, 0.29) is 11.9 Å². The fourth-order valence-electron chi connectivity index (χ4n) is 3.78. The van der Waals surface area contributed by atoms with E-state index in [0.717, 1.165) is 16.7 Å². The van der Waals surface area contributed by atoms with E-state index in [4.69, 9.17) is 14.2 Å². The summed E-state index contributed by atoms with van der Waals surface area (Å²) in [7, 11) is 0. The van der Waals surface area contributed by atoms with Crippen LogP contribution in [-0.2, 0) is 4.74 Å². The van der Waals surface area contributed by atoms with E-state index in [1.165, 1.54) is 0 Å². The summed E-state index contributed by atoms with van der Waals surface area (Å²) in [6.07, 6.45) is -0.885. The van der Waals surface area contributed by atoms with Gasteiger partial charge < -0.3 is 19.3 Å². The number of phenols is 1. The number of phenolic OH excluding ortho intramolecular Hbond substituents is 1. The molecule has 2 unspecified atom stereocenters. The first-order chi connectivity index (χ1) is 13.6. The lowest BCUT2D eigenvalue weighted by Crippen LogP contribution is -2.24. The van der Waals surface area contributed by atoms with Crippen molar-refractivity contribution in [2.75, 3.05) is 0 Å². The first-order valence-corrected chi connectivity index (χ1v) is 9.31. The Morgan fingerprint density at radius 3 is 2.11 bits per heavy atom. The fraction of sp³-hybridized carbons (Fsp3) is 0.167. The van der Waals surface area contributed by atoms with Crippen molar-refractivity contribution in [2.24, 2.45) is 0 Å². The number of ether oxygens (including phenoxy) is 3. The van der Waals surface area contributed by atoms with Crippen molar-refractivity contribution in [1.82, 2.24) is 0 Å². The lowest BCUT2D eigenvalue weighted by atomic mass is 9.93. The number of rotatable bonds is 2. The lowest BCUT2D eigenvalue weighted by Gasteiger charge is -2.37. The Balaban J connectivity index is 1.70. The highest BCUT2D eigenvalue weighted by atomic mass is 16.7. The van der Waals surface area contributed by atoms with E-state index in [0.29, 0.717) is 28.4 Å². The van der Waals surface area contributed by atoms with Gasteiger partial charge in [0.1, 0.15) is 23.2 Å². The summed E-state index contributed by atoms with van der Waals surface area (Å²) in [5.41, 5.74) is 4.27. The van der Waals surface area contributed by atoms with Crippen LogP contribution in [0.5, 0.6) is 17.2 Å². The van der Waals surface area contributed by atoms with Gasteiger partial charge in [0.05, 0.1) is 0 Å². The Morgan fingerprint density at radius 2 is 1.43 bits per heavy atom. The largest absolute Gasteiger partial charge is 0.504 e. The summed E-state index contributed by atoms with van der Waals surface area (Å²) < 4.78 is 18.7. The van der Waals surface area contributed by atoms with Crippen LogP contribution in [0.1, 0.15) is 41.6 Å². The van der Waals surface area contributed by atoms with Crippen molar-refractivity contribution >= 4 is 5.76 Å². The molecule has 140 valence electrons. The minimum absolute atomic E-state index is 0.120. The second-order valence-electron chi connectivity index (χ2n) is 7.14. The Hall–Kier alpha value is -3.40. The summed E-state index contributed by atoms with van der Waals surface area (Å²) in [5, 5.41) is 10.7. The van der Waals surface area contributed by atoms with Gasteiger partial charge in [-0.1, -0.05) is 60.7 Å². The molecule has 5 rings (SSSR count). The van der Waals surface area contributed by atoms with Gasteiger partial charge in [0, 0.05) is 11.1 Å². The average molecular weight is 372 g/mol. The standard InChI is InChI=1S/C24H20O4/c1-14-13-18-19-22(15(2)21(26-18)16-9-5-3-6-10-16)27-24(28-23(19)20(14)25)17-11-7-4-8-12-17/h3-13,21,24-25H,1-2H3. The molecule has 2 aliphatic rings. The van der Waals surface area contributed by atoms with E-state index >= 15 is 0 Å². The molecule has 0 fully saturated rings. The average Bonchev–Trinajstić information content (AvgIpc) is 2.75. The lowest BCUT2D eigenvalue weighted by molar-refractivity contribution is -0.0369. The molecule has 1 N–H and O–H groups in total. The Kier molecular flexibility index (Phi) is 3.79. The van der Waals surface area contributed by atoms with Gasteiger partial charge in [0.2, 0.25) is 0 Å². The predicted octanol–water partition coefficient (Wildman–Crippen LogP) is 5.67. The number of aryl methyl sites for hydroxylation is 1. The topological polar surface area (TPSA) is 47.9 Å². The highest BCUT2D eigenvalue weighted by Crippen LogP contribution is 2.55. The molecule has 0 aliphatic carbocycles. The minimum atomic E-state index is -0.631. The molecular weight excluding hydrogens is 352 g/mol. The quantitative estimate of drug-likeness (QED) is 0.629. The number of benzene rings is 3. The van der Waals surface area contributed by atoms with Gasteiger partial charge in [-0.05, 0) is 31.0 Å². The van der Waals surface area contributed by atoms with E-state index in [1.54, 1.807) is 0 Å². The molecule has 0 saturated heterocycles. The summed E-state index contributed by atoms with van der Waals surface area (Å²) in [6, 6.07) is 21.6. The minimum Gasteiger partial charge on any atom is -0.504 e. The molecule has 2 heterocycles. The Labute approximate surface area is 163 Å². The third kappa shape index (κ3) is 2.53. The van der Waals surface area contributed by atoms with Crippen LogP contribution >= 0.6 is 0 Å². The first kappa shape index (κ1) is 16.8. The maximum absolute atomic E-state index is 10.7. The molecule has 0 saturated carbocycles. The number of aromatic hydroxyl groups is 1. The van der Waals surface area contributed by atoms with Crippen LogP contribution in [0.3, 0.4) is 0 Å². The van der Waals surface area contributed by atoms with Crippen molar-refractivity contribution < 1.29 is 19.3 Å². The van der Waals surface area contributed by atoms with E-state index in [9.17, 15) is 5.11 Å². The second-order valence-corrected chi connectivity index (χ2v) is 7.14. The molecular formula is C24H20O4. The zero-order chi connectivity index (χ0) is 19.3. The van der Waals surface area contributed by atoms with Gasteiger partial charge in [0.15, 0.2) is 11.5 Å². The molecule has 0 amide bonds. The highest BCUT2D eigenvalue weighted by Gasteiger charge is 2.39. The predicted molar refractivity (Wildman–Crippen MR) is 106 cm³/mol. The van der Waals surface area contributed by atoms with Crippen molar-refractivity contribution in [3.8, 4) is 17.2 Å². The van der Waals surface area contributed by atoms with Gasteiger partial charge in [-0.3, -0.25) is 0 Å². The third-order valence-corrected chi connectivity index (χ3v) is 5.26. The molecule has 3 aromatic rings. The maximum atomic E-state index is 10.7. The van der Waals surface area contributed by atoms with Crippen molar-refractivity contribution in [3.63, 3.8) is 0 Å². The monoisotopic (exact) mass is 372 g/mol. The molecule has 4 heteroatoms. The van der Waals surface area contributed by atoms with Crippen LogP contribution in [0.4, 0.5) is 0 Å². The zero-order valence-corrected chi connectivity index (χ0v) is 15.7. The van der Waals surface area contributed by atoms with Gasteiger partial charge in [-0.15, -0.1) is 0 Å². The Bertz CT molecular complexity index is 1070. The van der Waals surface area contributed by atoms with Gasteiger partial charge >= 0.3 is 0 Å². The van der Waals surface area contributed by atoms with Crippen molar-refractivity contribution in [1.29, 1.82) is 0 Å². The molecule has 28 heavy (non-hydrogen) atoms. The second kappa shape index (κ2) is 6.34. The van der Waals surface area contributed by atoms with Crippen LogP contribution < -0.4 is 9.47 Å². The van der Waals surface area contributed by atoms with Crippen molar-refractivity contribution in [3.05, 3.63) is 94.6 Å². The van der Waals surface area contributed by atoms with Gasteiger partial charge in [0.25, 0.3) is 6.29 Å². The van der Waals surface area contributed by atoms with E-state index in [2.05, 4.69) is 0 Å². The molecule has 2 aliphatic heterocycles. The molecule has 2 atom stereocenters. The third-order valence-electron chi connectivity index (χ3n) is 5.26. The molecule has 0 aromatic heterocycles. The molecule has 0 bridgehead atoms. The summed E-state index contributed by atoms with van der Waals surface area (Å²) >= 11 is 0. The maximum Gasteiger partial charge on any atom is 0.267 e. The number of hydrogen-bond donors (Lipinski definition) is 1. The van der Waals surface area contributed by atoms with Crippen LogP contribution in [0.25, 0.3) is 5.76 Å². The van der Waals surface area contributed by atoms with Crippen LogP contribution in [0.2, 0.25) is 0 Å². The fourth-order valence-corrected chi connectivity index (χ4v) is 3.78. The SMILES string of the molecule is CC1=C2OC(c3ccccc3)Oc3c(O)c(C)cc(c32)OC1c1ccccc1. The summed E-state index contributed by atoms with van der Waals surface area (Å²) in [4.78, 5) is 0. The number of hydrogen-bond acceptors (Lipinski definition) is 4. The smallest absolute Gasteiger partial charge is 0.267 e. The first-order valence-electron chi connectivity index (χ1n) is 9.31. The molecule has 0 spiro atoms. The summed E-state index contributed by atoms with van der Waals surface area (Å²) in [5.74, 6) is 1.90. The van der Waals surface area contributed by atoms with Gasteiger partial charge in [-0.25, -0.2) is 0 Å². The summed E-state index contributed by atoms with van der Waals surface area (Å²) in [6.45, 7) is 3.85. The van der Waals surface area contributed by atoms with Crippen LogP contribution in [0, 0.1) is 6.92 Å². The normalized spacial score (nSPS) is 19.9. The molecule has 3 aromatic carbocycles. The van der Waals surface area contributed by atoms with E-state index in [1.807, 2.05) is 80.6 Å². The zero-order valence-electron chi connectivity index (χ0n) is 15.7. The van der Waals surface area contributed by atoms with E-state index < -0.39 is 6.29 Å². The molecule has 0 radical (unpaired) electrons. The highest BCUT2D eigenvalue weighted by molar-refractivity contribution is 5.80. The van der Waals surface area contributed by atoms with Crippen LogP contribution in [0.15, 0.2) is 72.3 Å². The van der Waals surface area contributed by atoms with Crippen molar-refractivity contribution in [2.45, 2.75) is 26.2 Å². The van der Waals surface area contributed by atoms with Gasteiger partial charge in [-0.2, -0.15) is 0 Å². The van der Waals surface area contributed by atoms with Crippen LogP contribution in [-0.4, -0.2) is 5.11 Å².